The van der Waals surface area contributed by atoms with Gasteiger partial charge in [0.2, 0.25) is 5.91 Å². The van der Waals surface area contributed by atoms with Crippen molar-refractivity contribution in [1.82, 2.24) is 10.2 Å². The predicted molar refractivity (Wildman–Crippen MR) is 65.2 cm³/mol. The van der Waals surface area contributed by atoms with Crippen molar-refractivity contribution in [2.75, 3.05) is 20.1 Å². The smallest absolute Gasteiger partial charge is 0.239 e. The summed E-state index contributed by atoms with van der Waals surface area (Å²) in [5, 5.41) is 3.13. The topological polar surface area (TPSA) is 32.3 Å². The van der Waals surface area contributed by atoms with Crippen LogP contribution in [-0.4, -0.2) is 37.0 Å². The Morgan fingerprint density at radius 3 is 2.75 bits per heavy atom. The lowest BCUT2D eigenvalue weighted by Gasteiger charge is -2.34. The highest BCUT2D eigenvalue weighted by atomic mass is 16.2. The van der Waals surface area contributed by atoms with E-state index < -0.39 is 0 Å². The molecule has 3 heteroatoms. The van der Waals surface area contributed by atoms with Gasteiger partial charge in [0.1, 0.15) is 0 Å². The summed E-state index contributed by atoms with van der Waals surface area (Å²) in [5.74, 6) is 1.88. The van der Waals surface area contributed by atoms with E-state index in [9.17, 15) is 4.79 Å². The molecule has 1 saturated heterocycles. The summed E-state index contributed by atoms with van der Waals surface area (Å²) in [6.45, 7) is 4.31. The van der Waals surface area contributed by atoms with Gasteiger partial charge in [-0.15, -0.1) is 0 Å². The van der Waals surface area contributed by atoms with Crippen LogP contribution in [0.5, 0.6) is 0 Å². The number of piperidine rings is 1. The summed E-state index contributed by atoms with van der Waals surface area (Å²) in [4.78, 5) is 14.2. The quantitative estimate of drug-likeness (QED) is 0.790. The van der Waals surface area contributed by atoms with Crippen LogP contribution in [0.1, 0.15) is 39.0 Å². The number of nitrogens with one attached hydrogen (secondary N) is 1. The predicted octanol–water partition coefficient (Wildman–Crippen LogP) is 1.63. The first-order valence-corrected chi connectivity index (χ1v) is 6.68. The molecule has 1 heterocycles. The molecule has 92 valence electrons. The van der Waals surface area contributed by atoms with Crippen LogP contribution in [0.4, 0.5) is 0 Å². The van der Waals surface area contributed by atoms with Crippen LogP contribution < -0.4 is 5.32 Å². The molecule has 3 nitrogen and oxygen atoms in total. The van der Waals surface area contributed by atoms with E-state index in [0.29, 0.717) is 5.91 Å². The van der Waals surface area contributed by atoms with Gasteiger partial charge in [0.05, 0.1) is 6.04 Å². The van der Waals surface area contributed by atoms with Crippen LogP contribution in [0, 0.1) is 11.8 Å². The van der Waals surface area contributed by atoms with Gasteiger partial charge in [-0.25, -0.2) is 0 Å². The molecule has 1 aliphatic carbocycles. The highest BCUT2D eigenvalue weighted by Gasteiger charge is 2.31. The zero-order valence-corrected chi connectivity index (χ0v) is 10.5. The lowest BCUT2D eigenvalue weighted by atomic mass is 9.95. The summed E-state index contributed by atoms with van der Waals surface area (Å²) < 4.78 is 0. The zero-order chi connectivity index (χ0) is 11.5. The number of likely N-dealkylation sites (N-methyl/N-ethyl adjacent to an activating group) is 1. The second-order valence-corrected chi connectivity index (χ2v) is 5.44. The fraction of sp³-hybridized carbons (Fsp3) is 0.923. The Balaban J connectivity index is 1.90. The van der Waals surface area contributed by atoms with Crippen LogP contribution in [0.2, 0.25) is 0 Å². The van der Waals surface area contributed by atoms with Crippen molar-refractivity contribution in [3.8, 4) is 0 Å². The van der Waals surface area contributed by atoms with E-state index >= 15 is 0 Å². The molecule has 2 aliphatic rings. The van der Waals surface area contributed by atoms with Gasteiger partial charge < -0.3 is 10.2 Å². The third kappa shape index (κ3) is 2.40. The molecule has 0 aromatic carbocycles. The normalized spacial score (nSPS) is 35.8. The molecule has 3 atom stereocenters. The van der Waals surface area contributed by atoms with Gasteiger partial charge in [0.15, 0.2) is 0 Å². The molecule has 16 heavy (non-hydrogen) atoms. The molecule has 3 unspecified atom stereocenters. The number of amides is 1. The van der Waals surface area contributed by atoms with E-state index in [2.05, 4.69) is 17.1 Å². The molecule has 1 aliphatic heterocycles. The average Bonchev–Trinajstić information content (AvgIpc) is 2.68. The number of likely N-dealkylation sites (tertiary alicyclic amines) is 1. The summed E-state index contributed by atoms with van der Waals surface area (Å²) >= 11 is 0. The van der Waals surface area contributed by atoms with E-state index in [0.717, 1.165) is 37.8 Å². The Labute approximate surface area is 98.6 Å². The first kappa shape index (κ1) is 11.9. The monoisotopic (exact) mass is 224 g/mol. The third-order valence-electron chi connectivity index (χ3n) is 4.37. The molecule has 0 aromatic heterocycles. The number of nitrogens with zero attached hydrogens (tertiary/aromatic N) is 1. The van der Waals surface area contributed by atoms with Crippen LogP contribution in [-0.2, 0) is 4.79 Å². The fourth-order valence-electron chi connectivity index (χ4n) is 3.17. The molecule has 1 N–H and O–H groups in total. The van der Waals surface area contributed by atoms with Crippen LogP contribution in [0.3, 0.4) is 0 Å². The van der Waals surface area contributed by atoms with Gasteiger partial charge in [-0.2, -0.15) is 0 Å². The minimum Gasteiger partial charge on any atom is -0.341 e. The first-order valence-electron chi connectivity index (χ1n) is 6.68. The van der Waals surface area contributed by atoms with Crippen LogP contribution in [0.15, 0.2) is 0 Å². The Morgan fingerprint density at radius 1 is 1.31 bits per heavy atom. The molecular weight excluding hydrogens is 200 g/mol. The van der Waals surface area contributed by atoms with E-state index in [-0.39, 0.29) is 6.04 Å². The maximum absolute atomic E-state index is 12.1. The standard InChI is InChI=1S/C13H24N2O/c1-10-5-3-6-11(10)9-15-8-4-7-12(14-2)13(15)16/h10-12,14H,3-9H2,1-2H3. The molecule has 2 fully saturated rings. The van der Waals surface area contributed by atoms with Crippen LogP contribution >= 0.6 is 0 Å². The van der Waals surface area contributed by atoms with Crippen molar-refractivity contribution in [3.05, 3.63) is 0 Å². The Kier molecular flexibility index (Phi) is 3.85. The summed E-state index contributed by atoms with van der Waals surface area (Å²) in [5.41, 5.74) is 0. The number of hydrogen-bond acceptors (Lipinski definition) is 2. The molecule has 0 bridgehead atoms. The molecule has 0 spiro atoms. The van der Waals surface area contributed by atoms with E-state index in [1.54, 1.807) is 0 Å². The van der Waals surface area contributed by atoms with Crippen LogP contribution in [0.25, 0.3) is 0 Å². The van der Waals surface area contributed by atoms with Crippen molar-refractivity contribution in [1.29, 1.82) is 0 Å². The summed E-state index contributed by atoms with van der Waals surface area (Å²) in [7, 11) is 1.89. The molecular formula is C13H24N2O. The number of hydrogen-bond donors (Lipinski definition) is 1. The van der Waals surface area contributed by atoms with Crippen molar-refractivity contribution < 1.29 is 4.79 Å². The fourth-order valence-corrected chi connectivity index (χ4v) is 3.17. The molecule has 1 amide bonds. The van der Waals surface area contributed by atoms with Crippen molar-refractivity contribution in [2.24, 2.45) is 11.8 Å². The molecule has 1 saturated carbocycles. The molecule has 0 aromatic rings. The molecule has 2 rings (SSSR count). The largest absolute Gasteiger partial charge is 0.341 e. The Morgan fingerprint density at radius 2 is 2.12 bits per heavy atom. The maximum atomic E-state index is 12.1. The Hall–Kier alpha value is -0.570. The third-order valence-corrected chi connectivity index (χ3v) is 4.37. The lowest BCUT2D eigenvalue weighted by Crippen LogP contribution is -2.51. The average molecular weight is 224 g/mol. The number of carbonyl (C=O) groups is 1. The zero-order valence-electron chi connectivity index (χ0n) is 10.5. The van der Waals surface area contributed by atoms with Gasteiger partial charge in [0, 0.05) is 13.1 Å². The van der Waals surface area contributed by atoms with Gasteiger partial charge in [0.25, 0.3) is 0 Å². The van der Waals surface area contributed by atoms with Crippen molar-refractivity contribution >= 4 is 5.91 Å². The summed E-state index contributed by atoms with van der Waals surface area (Å²) in [6, 6.07) is 0.0745. The first-order chi connectivity index (χ1) is 7.72. The van der Waals surface area contributed by atoms with Crippen molar-refractivity contribution in [2.45, 2.75) is 45.1 Å². The SMILES string of the molecule is CNC1CCCN(CC2CCCC2C)C1=O. The highest BCUT2D eigenvalue weighted by Crippen LogP contribution is 2.32. The highest BCUT2D eigenvalue weighted by molar-refractivity contribution is 5.82. The van der Waals surface area contributed by atoms with Crippen molar-refractivity contribution in [3.63, 3.8) is 0 Å². The van der Waals surface area contributed by atoms with Gasteiger partial charge in [-0.05, 0) is 38.1 Å². The lowest BCUT2D eigenvalue weighted by molar-refractivity contribution is -0.136. The Bertz CT molecular complexity index is 254. The van der Waals surface area contributed by atoms with Gasteiger partial charge in [-0.3, -0.25) is 4.79 Å². The molecule has 0 radical (unpaired) electrons. The van der Waals surface area contributed by atoms with Gasteiger partial charge >= 0.3 is 0 Å². The maximum Gasteiger partial charge on any atom is 0.239 e. The van der Waals surface area contributed by atoms with Gasteiger partial charge in [-0.1, -0.05) is 19.8 Å². The second-order valence-electron chi connectivity index (χ2n) is 5.44. The minimum atomic E-state index is 0.0745. The second kappa shape index (κ2) is 5.17. The van der Waals surface area contributed by atoms with E-state index in [4.69, 9.17) is 0 Å². The van der Waals surface area contributed by atoms with E-state index in [1.807, 2.05) is 7.05 Å². The summed E-state index contributed by atoms with van der Waals surface area (Å²) in [6.07, 6.45) is 6.17. The number of carbonyl (C=O) groups excluding carboxylic acids is 1. The minimum absolute atomic E-state index is 0.0745. The number of rotatable bonds is 3. The van der Waals surface area contributed by atoms with E-state index in [1.165, 1.54) is 19.3 Å².